The summed E-state index contributed by atoms with van der Waals surface area (Å²) < 4.78 is 19.9. The van der Waals surface area contributed by atoms with E-state index in [0.29, 0.717) is 22.2 Å². The van der Waals surface area contributed by atoms with Gasteiger partial charge >= 0.3 is 0 Å². The lowest BCUT2D eigenvalue weighted by Crippen LogP contribution is -2.19. The summed E-state index contributed by atoms with van der Waals surface area (Å²) in [5.41, 5.74) is 0.876. The summed E-state index contributed by atoms with van der Waals surface area (Å²) in [5, 5.41) is 3.08. The molecule has 128 valence electrons. The Hall–Kier alpha value is -3.00. The topological polar surface area (TPSA) is 76.1 Å². The van der Waals surface area contributed by atoms with Gasteiger partial charge in [0.2, 0.25) is 0 Å². The number of carbonyl (C=O) groups is 1. The van der Waals surface area contributed by atoms with Gasteiger partial charge in [0.1, 0.15) is 11.6 Å². The molecule has 1 amide bonds. The number of hydrogen-bond donors (Lipinski definition) is 2. The zero-order valence-corrected chi connectivity index (χ0v) is 14.2. The van der Waals surface area contributed by atoms with Gasteiger partial charge in [-0.2, -0.15) is 0 Å². The second-order valence-corrected chi connectivity index (χ2v) is 5.74. The molecule has 0 aliphatic rings. The van der Waals surface area contributed by atoms with E-state index in [1.54, 1.807) is 13.1 Å². The summed E-state index contributed by atoms with van der Waals surface area (Å²) in [6, 6.07) is 8.44. The van der Waals surface area contributed by atoms with E-state index in [-0.39, 0.29) is 16.1 Å². The number of rotatable bonds is 3. The first-order valence-electron chi connectivity index (χ1n) is 7.28. The highest BCUT2D eigenvalue weighted by atomic mass is 32.1. The summed E-state index contributed by atoms with van der Waals surface area (Å²) in [6.07, 6.45) is 0. The first kappa shape index (κ1) is 16.8. The van der Waals surface area contributed by atoms with E-state index in [4.69, 9.17) is 17.0 Å². The van der Waals surface area contributed by atoms with E-state index in [1.807, 2.05) is 0 Å². The molecule has 0 aliphatic heterocycles. The fraction of sp³-hybridized carbons (Fsp3) is 0.118. The third-order valence-corrected chi connectivity index (χ3v) is 4.15. The van der Waals surface area contributed by atoms with Crippen molar-refractivity contribution in [2.24, 2.45) is 7.05 Å². The summed E-state index contributed by atoms with van der Waals surface area (Å²) >= 11 is 5.08. The summed E-state index contributed by atoms with van der Waals surface area (Å²) in [7, 11) is 2.96. The number of ether oxygens (including phenoxy) is 1. The zero-order chi connectivity index (χ0) is 18.1. The fourth-order valence-corrected chi connectivity index (χ4v) is 2.60. The molecule has 0 aliphatic carbocycles. The molecular formula is C17H14FN3O3S. The molecule has 0 bridgehead atoms. The molecule has 1 heterocycles. The Morgan fingerprint density at radius 2 is 2.04 bits per heavy atom. The van der Waals surface area contributed by atoms with Crippen LogP contribution in [0.15, 0.2) is 41.2 Å². The number of amides is 1. The maximum atomic E-state index is 13.2. The summed E-state index contributed by atoms with van der Waals surface area (Å²) in [6.45, 7) is 0. The van der Waals surface area contributed by atoms with Gasteiger partial charge in [0.25, 0.3) is 11.5 Å². The highest BCUT2D eigenvalue weighted by Gasteiger charge is 2.12. The molecule has 0 saturated heterocycles. The highest BCUT2D eigenvalue weighted by molar-refractivity contribution is 7.71. The SMILES string of the molecule is COc1cc(F)ccc1NC(=O)c1ccc2c(=O)n(C)c(=S)[nH]c2c1. The Morgan fingerprint density at radius 1 is 1.28 bits per heavy atom. The molecule has 25 heavy (non-hydrogen) atoms. The average Bonchev–Trinajstić information content (AvgIpc) is 2.60. The monoisotopic (exact) mass is 359 g/mol. The van der Waals surface area contributed by atoms with Gasteiger partial charge in [-0.15, -0.1) is 0 Å². The molecule has 2 N–H and O–H groups in total. The van der Waals surface area contributed by atoms with Crippen LogP contribution in [0.5, 0.6) is 5.75 Å². The van der Waals surface area contributed by atoms with Crippen molar-refractivity contribution < 1.29 is 13.9 Å². The Bertz CT molecular complexity index is 1100. The molecule has 3 rings (SSSR count). The van der Waals surface area contributed by atoms with Crippen LogP contribution in [-0.4, -0.2) is 22.6 Å². The number of halogens is 1. The lowest BCUT2D eigenvalue weighted by molar-refractivity contribution is 0.102. The average molecular weight is 359 g/mol. The normalized spacial score (nSPS) is 10.7. The molecule has 0 unspecified atom stereocenters. The number of fused-ring (bicyclic) bond motifs is 1. The van der Waals surface area contributed by atoms with E-state index >= 15 is 0 Å². The van der Waals surface area contributed by atoms with Crippen molar-refractivity contribution >= 4 is 34.7 Å². The lowest BCUT2D eigenvalue weighted by Gasteiger charge is -2.11. The fourth-order valence-electron chi connectivity index (χ4n) is 2.41. The minimum absolute atomic E-state index is 0.211. The number of carbonyl (C=O) groups excluding carboxylic acids is 1. The van der Waals surface area contributed by atoms with Gasteiger partial charge in [-0.25, -0.2) is 4.39 Å². The Labute approximate surface area is 146 Å². The second kappa shape index (κ2) is 6.48. The first-order chi connectivity index (χ1) is 11.9. The van der Waals surface area contributed by atoms with Crippen LogP contribution in [0.3, 0.4) is 0 Å². The van der Waals surface area contributed by atoms with Gasteiger partial charge < -0.3 is 15.0 Å². The van der Waals surface area contributed by atoms with Gasteiger partial charge in [-0.05, 0) is 42.5 Å². The predicted molar refractivity (Wildman–Crippen MR) is 95.3 cm³/mol. The zero-order valence-electron chi connectivity index (χ0n) is 13.4. The molecular weight excluding hydrogens is 345 g/mol. The van der Waals surface area contributed by atoms with Gasteiger partial charge in [0.05, 0.1) is 23.7 Å². The van der Waals surface area contributed by atoms with Crippen LogP contribution in [0, 0.1) is 10.6 Å². The largest absolute Gasteiger partial charge is 0.494 e. The van der Waals surface area contributed by atoms with Crippen molar-refractivity contribution in [3.63, 3.8) is 0 Å². The van der Waals surface area contributed by atoms with Crippen LogP contribution < -0.4 is 15.6 Å². The second-order valence-electron chi connectivity index (χ2n) is 5.35. The van der Waals surface area contributed by atoms with Gasteiger partial charge in [0.15, 0.2) is 4.77 Å². The number of aromatic nitrogens is 2. The smallest absolute Gasteiger partial charge is 0.261 e. The third kappa shape index (κ3) is 3.16. The van der Waals surface area contributed by atoms with Crippen molar-refractivity contribution in [1.29, 1.82) is 0 Å². The number of benzene rings is 2. The van der Waals surface area contributed by atoms with Crippen LogP contribution >= 0.6 is 12.2 Å². The number of hydrogen-bond acceptors (Lipinski definition) is 4. The Balaban J connectivity index is 1.99. The number of nitrogens with zero attached hydrogens (tertiary/aromatic N) is 1. The van der Waals surface area contributed by atoms with Crippen molar-refractivity contribution in [3.05, 3.63) is 62.9 Å². The summed E-state index contributed by atoms with van der Waals surface area (Å²) in [4.78, 5) is 27.5. The van der Waals surface area contributed by atoms with E-state index < -0.39 is 11.7 Å². The van der Waals surface area contributed by atoms with Crippen LogP contribution in [-0.2, 0) is 7.05 Å². The molecule has 3 aromatic rings. The number of anilines is 1. The Morgan fingerprint density at radius 3 is 2.76 bits per heavy atom. The van der Waals surface area contributed by atoms with E-state index in [0.717, 1.165) is 0 Å². The third-order valence-electron chi connectivity index (χ3n) is 3.77. The predicted octanol–water partition coefficient (Wildman–Crippen LogP) is 3.00. The standard InChI is InChI=1S/C17H14FN3O3S/c1-21-16(23)11-5-3-9(7-13(11)20-17(21)25)15(22)19-12-6-4-10(18)8-14(12)24-2/h3-8H,1-2H3,(H,19,22)(H,20,25). The minimum Gasteiger partial charge on any atom is -0.494 e. The highest BCUT2D eigenvalue weighted by Crippen LogP contribution is 2.25. The maximum absolute atomic E-state index is 13.2. The molecule has 0 fully saturated rings. The van der Waals surface area contributed by atoms with E-state index in [2.05, 4.69) is 10.3 Å². The number of H-pyrrole nitrogens is 1. The van der Waals surface area contributed by atoms with Crippen molar-refractivity contribution in [2.45, 2.75) is 0 Å². The van der Waals surface area contributed by atoms with Crippen molar-refractivity contribution in [3.8, 4) is 5.75 Å². The quantitative estimate of drug-likeness (QED) is 0.705. The van der Waals surface area contributed by atoms with Crippen molar-refractivity contribution in [1.82, 2.24) is 9.55 Å². The maximum Gasteiger partial charge on any atom is 0.261 e. The Kier molecular flexibility index (Phi) is 4.37. The molecule has 2 aromatic carbocycles. The van der Waals surface area contributed by atoms with Gasteiger partial charge in [-0.1, -0.05) is 0 Å². The van der Waals surface area contributed by atoms with Gasteiger partial charge in [-0.3, -0.25) is 14.2 Å². The molecule has 0 spiro atoms. The minimum atomic E-state index is -0.469. The van der Waals surface area contributed by atoms with E-state index in [9.17, 15) is 14.0 Å². The van der Waals surface area contributed by atoms with Crippen LogP contribution in [0.1, 0.15) is 10.4 Å². The lowest BCUT2D eigenvalue weighted by atomic mass is 10.1. The number of methoxy groups -OCH3 is 1. The molecule has 8 heteroatoms. The van der Waals surface area contributed by atoms with Crippen molar-refractivity contribution in [2.75, 3.05) is 12.4 Å². The molecule has 0 radical (unpaired) electrons. The summed E-state index contributed by atoms with van der Waals surface area (Å²) in [5.74, 6) is -0.682. The number of aromatic amines is 1. The van der Waals surface area contributed by atoms with Crippen LogP contribution in [0.2, 0.25) is 0 Å². The van der Waals surface area contributed by atoms with E-state index in [1.165, 1.54) is 42.0 Å². The first-order valence-corrected chi connectivity index (χ1v) is 7.69. The van der Waals surface area contributed by atoms with Gasteiger partial charge in [0, 0.05) is 18.7 Å². The molecule has 6 nitrogen and oxygen atoms in total. The number of nitrogens with one attached hydrogen (secondary N) is 2. The van der Waals surface area contributed by atoms with Crippen LogP contribution in [0.4, 0.5) is 10.1 Å². The molecule has 1 aromatic heterocycles. The molecule has 0 saturated carbocycles. The molecule has 0 atom stereocenters. The van der Waals surface area contributed by atoms with Crippen LogP contribution in [0.25, 0.3) is 10.9 Å².